The summed E-state index contributed by atoms with van der Waals surface area (Å²) in [6.45, 7) is -0.206. The highest BCUT2D eigenvalue weighted by molar-refractivity contribution is 6.34. The van der Waals surface area contributed by atoms with Crippen molar-refractivity contribution in [3.05, 3.63) is 105 Å². The Kier molecular flexibility index (Phi) is 7.72. The van der Waals surface area contributed by atoms with Crippen LogP contribution in [-0.2, 0) is 16.1 Å². The summed E-state index contributed by atoms with van der Waals surface area (Å²) in [6, 6.07) is 18.7. The van der Waals surface area contributed by atoms with E-state index < -0.39 is 29.3 Å². The summed E-state index contributed by atoms with van der Waals surface area (Å²) in [6.07, 6.45) is 0. The lowest BCUT2D eigenvalue weighted by molar-refractivity contribution is -0.384. The van der Waals surface area contributed by atoms with Crippen LogP contribution in [0.4, 0.5) is 11.4 Å². The highest BCUT2D eigenvalue weighted by atomic mass is 35.5. The van der Waals surface area contributed by atoms with Crippen molar-refractivity contribution in [2.45, 2.75) is 6.54 Å². The number of amides is 2. The van der Waals surface area contributed by atoms with E-state index in [9.17, 15) is 24.5 Å². The van der Waals surface area contributed by atoms with Gasteiger partial charge in [0, 0.05) is 18.7 Å². The van der Waals surface area contributed by atoms with E-state index in [-0.39, 0.29) is 27.5 Å². The maximum Gasteiger partial charge on any atom is 0.340 e. The van der Waals surface area contributed by atoms with Gasteiger partial charge in [0.05, 0.1) is 26.8 Å². The third-order valence-electron chi connectivity index (χ3n) is 4.47. The Morgan fingerprint density at radius 3 is 2.33 bits per heavy atom. The van der Waals surface area contributed by atoms with Crippen LogP contribution in [0.25, 0.3) is 0 Å². The number of nitro groups is 1. The zero-order chi connectivity index (χ0) is 23.8. The standard InChI is InChI=1S/C23H18ClN3O6/c24-19-12-16(27(31)32)10-11-17(19)22(29)26-20-9-5-4-8-18(20)23(30)33-14-21(28)25-13-15-6-2-1-3-7-15/h1-12H,13-14H2,(H,25,28)(H,26,29). The van der Waals surface area contributed by atoms with Gasteiger partial charge in [0.15, 0.2) is 6.61 Å². The number of nitrogens with zero attached hydrogens (tertiary/aromatic N) is 1. The average Bonchev–Trinajstić information content (AvgIpc) is 2.82. The molecule has 0 heterocycles. The molecule has 3 rings (SSSR count). The van der Waals surface area contributed by atoms with Gasteiger partial charge in [0.1, 0.15) is 0 Å². The number of benzene rings is 3. The monoisotopic (exact) mass is 467 g/mol. The smallest absolute Gasteiger partial charge is 0.340 e. The van der Waals surface area contributed by atoms with Crippen LogP contribution >= 0.6 is 11.6 Å². The maximum atomic E-state index is 12.6. The lowest BCUT2D eigenvalue weighted by Gasteiger charge is -2.12. The maximum absolute atomic E-state index is 12.6. The number of hydrogen-bond acceptors (Lipinski definition) is 6. The molecular formula is C23H18ClN3O6. The van der Waals surface area contributed by atoms with E-state index in [4.69, 9.17) is 16.3 Å². The van der Waals surface area contributed by atoms with Gasteiger partial charge in [-0.2, -0.15) is 0 Å². The summed E-state index contributed by atoms with van der Waals surface area (Å²) in [4.78, 5) is 47.3. The van der Waals surface area contributed by atoms with Gasteiger partial charge in [-0.25, -0.2) is 4.79 Å². The van der Waals surface area contributed by atoms with Crippen LogP contribution in [0.5, 0.6) is 0 Å². The highest BCUT2D eigenvalue weighted by Crippen LogP contribution is 2.24. The van der Waals surface area contributed by atoms with Crippen LogP contribution in [-0.4, -0.2) is 29.3 Å². The summed E-state index contributed by atoms with van der Waals surface area (Å²) in [5, 5.41) is 15.9. The molecule has 9 nitrogen and oxygen atoms in total. The van der Waals surface area contributed by atoms with Gasteiger partial charge in [0.25, 0.3) is 17.5 Å². The highest BCUT2D eigenvalue weighted by Gasteiger charge is 2.19. The largest absolute Gasteiger partial charge is 0.452 e. The van der Waals surface area contributed by atoms with E-state index in [0.717, 1.165) is 17.7 Å². The van der Waals surface area contributed by atoms with E-state index in [1.807, 2.05) is 30.3 Å². The van der Waals surface area contributed by atoms with Gasteiger partial charge in [-0.05, 0) is 23.8 Å². The van der Waals surface area contributed by atoms with Crippen LogP contribution in [0.15, 0.2) is 72.8 Å². The van der Waals surface area contributed by atoms with Crippen LogP contribution in [0.1, 0.15) is 26.3 Å². The predicted molar refractivity (Wildman–Crippen MR) is 121 cm³/mol. The number of rotatable bonds is 8. The molecule has 0 unspecified atom stereocenters. The predicted octanol–water partition coefficient (Wildman–Crippen LogP) is 3.97. The van der Waals surface area contributed by atoms with Crippen LogP contribution in [0.3, 0.4) is 0 Å². The molecule has 168 valence electrons. The number of halogens is 1. The number of non-ortho nitro benzene ring substituents is 1. The molecule has 0 aromatic heterocycles. The minimum atomic E-state index is -0.810. The second kappa shape index (κ2) is 10.9. The number of hydrogen-bond donors (Lipinski definition) is 2. The van der Waals surface area contributed by atoms with Crippen molar-refractivity contribution in [1.82, 2.24) is 5.32 Å². The van der Waals surface area contributed by atoms with E-state index >= 15 is 0 Å². The number of nitrogens with one attached hydrogen (secondary N) is 2. The molecule has 33 heavy (non-hydrogen) atoms. The Bertz CT molecular complexity index is 1200. The first-order chi connectivity index (χ1) is 15.8. The molecule has 0 saturated heterocycles. The van der Waals surface area contributed by atoms with Crippen LogP contribution < -0.4 is 10.6 Å². The van der Waals surface area contributed by atoms with E-state index in [0.29, 0.717) is 6.54 Å². The van der Waals surface area contributed by atoms with Crippen molar-refractivity contribution >= 4 is 40.8 Å². The quantitative estimate of drug-likeness (QED) is 0.293. The lowest BCUT2D eigenvalue weighted by Crippen LogP contribution is -2.28. The fourth-order valence-corrected chi connectivity index (χ4v) is 3.08. The Morgan fingerprint density at radius 2 is 1.64 bits per heavy atom. The molecule has 0 bridgehead atoms. The molecule has 0 aliphatic carbocycles. The first kappa shape index (κ1) is 23.4. The molecule has 0 spiro atoms. The zero-order valence-electron chi connectivity index (χ0n) is 17.1. The van der Waals surface area contributed by atoms with Gasteiger partial charge < -0.3 is 15.4 Å². The first-order valence-electron chi connectivity index (χ1n) is 9.67. The number of esters is 1. The molecule has 0 saturated carbocycles. The molecule has 2 amide bonds. The molecule has 0 atom stereocenters. The Balaban J connectivity index is 1.62. The number of carbonyl (C=O) groups excluding carboxylic acids is 3. The SMILES string of the molecule is O=C(COC(=O)c1ccccc1NC(=O)c1ccc([N+](=O)[O-])cc1Cl)NCc1ccccc1. The first-order valence-corrected chi connectivity index (χ1v) is 10.0. The second-order valence-electron chi connectivity index (χ2n) is 6.76. The molecule has 3 aromatic carbocycles. The van der Waals surface area contributed by atoms with Gasteiger partial charge in [0.2, 0.25) is 0 Å². The fourth-order valence-electron chi connectivity index (χ4n) is 2.82. The van der Waals surface area contributed by atoms with Crippen molar-refractivity contribution in [2.24, 2.45) is 0 Å². The number of nitro benzene ring substituents is 1. The summed E-state index contributed by atoms with van der Waals surface area (Å²) >= 11 is 5.99. The zero-order valence-corrected chi connectivity index (χ0v) is 17.9. The molecule has 0 aliphatic rings. The van der Waals surface area contributed by atoms with Crippen molar-refractivity contribution in [1.29, 1.82) is 0 Å². The van der Waals surface area contributed by atoms with Gasteiger partial charge in [-0.1, -0.05) is 54.1 Å². The topological polar surface area (TPSA) is 128 Å². The molecule has 0 aliphatic heterocycles. The minimum absolute atomic E-state index is 0.00859. The normalized spacial score (nSPS) is 10.2. The number of para-hydroxylation sites is 1. The second-order valence-corrected chi connectivity index (χ2v) is 7.17. The molecule has 0 radical (unpaired) electrons. The third-order valence-corrected chi connectivity index (χ3v) is 4.78. The van der Waals surface area contributed by atoms with Crippen molar-refractivity contribution in [3.63, 3.8) is 0 Å². The van der Waals surface area contributed by atoms with Crippen LogP contribution in [0, 0.1) is 10.1 Å². The Hall–Kier alpha value is -4.24. The summed E-state index contributed by atoms with van der Waals surface area (Å²) < 4.78 is 5.07. The van der Waals surface area contributed by atoms with Crippen molar-refractivity contribution in [2.75, 3.05) is 11.9 Å². The van der Waals surface area contributed by atoms with Gasteiger partial charge >= 0.3 is 5.97 Å². The fraction of sp³-hybridized carbons (Fsp3) is 0.0870. The molecule has 3 aromatic rings. The summed E-state index contributed by atoms with van der Waals surface area (Å²) in [5.41, 5.74) is 0.790. The lowest BCUT2D eigenvalue weighted by atomic mass is 10.1. The molecule has 10 heteroatoms. The summed E-state index contributed by atoms with van der Waals surface area (Å²) in [7, 11) is 0. The van der Waals surface area contributed by atoms with E-state index in [1.54, 1.807) is 12.1 Å². The molecule has 2 N–H and O–H groups in total. The minimum Gasteiger partial charge on any atom is -0.452 e. The molecular weight excluding hydrogens is 450 g/mol. The van der Waals surface area contributed by atoms with Gasteiger partial charge in [-0.15, -0.1) is 0 Å². The number of carbonyl (C=O) groups is 3. The van der Waals surface area contributed by atoms with Gasteiger partial charge in [-0.3, -0.25) is 19.7 Å². The van der Waals surface area contributed by atoms with Crippen molar-refractivity contribution in [3.8, 4) is 0 Å². The Labute approximate surface area is 193 Å². The summed E-state index contributed by atoms with van der Waals surface area (Å²) in [5.74, 6) is -1.96. The van der Waals surface area contributed by atoms with Crippen molar-refractivity contribution < 1.29 is 24.0 Å². The number of ether oxygens (including phenoxy) is 1. The Morgan fingerprint density at radius 1 is 0.939 bits per heavy atom. The molecule has 0 fully saturated rings. The van der Waals surface area contributed by atoms with E-state index in [2.05, 4.69) is 10.6 Å². The van der Waals surface area contributed by atoms with Crippen LogP contribution in [0.2, 0.25) is 5.02 Å². The third kappa shape index (κ3) is 6.37. The van der Waals surface area contributed by atoms with E-state index in [1.165, 1.54) is 18.2 Å². The number of anilines is 1. The average molecular weight is 468 g/mol.